The summed E-state index contributed by atoms with van der Waals surface area (Å²) in [6.45, 7) is 3.92. The van der Waals surface area contributed by atoms with E-state index in [1.807, 2.05) is 56.3 Å². The number of hydrogen-bond acceptors (Lipinski definition) is 4. The molecule has 6 heteroatoms. The Balaban J connectivity index is 1.95. The fourth-order valence-electron chi connectivity index (χ4n) is 2.90. The highest BCUT2D eigenvalue weighted by molar-refractivity contribution is 7.32. The monoisotopic (exact) mass is 360 g/mol. The van der Waals surface area contributed by atoms with Crippen LogP contribution in [0.1, 0.15) is 32.3 Å². The Hall–Kier alpha value is -1.65. The quantitative estimate of drug-likeness (QED) is 0.578. The lowest BCUT2D eigenvalue weighted by atomic mass is 9.88. The molecule has 1 heterocycles. The van der Waals surface area contributed by atoms with Gasteiger partial charge in [0.25, 0.3) is 0 Å². The van der Waals surface area contributed by atoms with Crippen molar-refractivity contribution in [1.29, 1.82) is 0 Å². The van der Waals surface area contributed by atoms with E-state index >= 15 is 0 Å². The van der Waals surface area contributed by atoms with Crippen molar-refractivity contribution in [1.82, 2.24) is 4.98 Å². The largest absolute Gasteiger partial charge is 0.695 e. The van der Waals surface area contributed by atoms with E-state index in [1.165, 1.54) is 0 Å². The summed E-state index contributed by atoms with van der Waals surface area (Å²) in [7, 11) is -2.65. The Morgan fingerprint density at radius 1 is 1.12 bits per heavy atom. The highest BCUT2D eigenvalue weighted by Gasteiger charge is 2.39. The maximum absolute atomic E-state index is 11.2. The maximum atomic E-state index is 11.2. The third-order valence-corrected chi connectivity index (χ3v) is 5.94. The Bertz CT molecular complexity index is 823. The summed E-state index contributed by atoms with van der Waals surface area (Å²) in [5, 5.41) is 0.968. The van der Waals surface area contributed by atoms with Gasteiger partial charge < -0.3 is 0 Å². The lowest BCUT2D eigenvalue weighted by Gasteiger charge is -2.25. The van der Waals surface area contributed by atoms with Crippen molar-refractivity contribution in [3.63, 3.8) is 0 Å². The van der Waals surface area contributed by atoms with Gasteiger partial charge in [-0.1, -0.05) is 50.2 Å². The predicted octanol–water partition coefficient (Wildman–Crippen LogP) is 5.64. The van der Waals surface area contributed by atoms with Crippen LogP contribution in [0.4, 0.5) is 0 Å². The van der Waals surface area contributed by atoms with Gasteiger partial charge in [-0.3, -0.25) is 0 Å². The molecule has 1 unspecified atom stereocenters. The number of para-hydroxylation sites is 1. The summed E-state index contributed by atoms with van der Waals surface area (Å²) in [4.78, 5) is 13.9. The second-order valence-corrected chi connectivity index (χ2v) is 7.28. The summed E-state index contributed by atoms with van der Waals surface area (Å²) < 4.78 is 17.7. The first-order valence-corrected chi connectivity index (χ1v) is 9.84. The van der Waals surface area contributed by atoms with Crippen LogP contribution < -0.4 is 0 Å². The van der Waals surface area contributed by atoms with Gasteiger partial charge in [0.05, 0.1) is 10.2 Å². The molecule has 1 aromatic heterocycles. The smallest absolute Gasteiger partial charge is 0.236 e. The highest BCUT2D eigenvalue weighted by atomic mass is 32.1. The molecule has 1 atom stereocenters. The van der Waals surface area contributed by atoms with Crippen LogP contribution in [0.2, 0.25) is 0 Å². The Morgan fingerprint density at radius 3 is 2.38 bits per heavy atom. The second kappa shape index (κ2) is 7.08. The van der Waals surface area contributed by atoms with Crippen molar-refractivity contribution in [2.24, 2.45) is 0 Å². The molecule has 3 aromatic rings. The molecule has 0 aliphatic rings. The van der Waals surface area contributed by atoms with Crippen molar-refractivity contribution < 1.29 is 14.0 Å². The van der Waals surface area contributed by atoms with Gasteiger partial charge in [0.1, 0.15) is 5.01 Å². The zero-order valence-electron chi connectivity index (χ0n) is 13.6. The van der Waals surface area contributed by atoms with E-state index < -0.39 is 13.9 Å². The Labute approximate surface area is 146 Å². The van der Waals surface area contributed by atoms with Gasteiger partial charge in [0.2, 0.25) is 0 Å². The molecule has 0 aliphatic heterocycles. The normalized spacial score (nSPS) is 12.5. The molecule has 0 radical (unpaired) electrons. The fraction of sp³-hybridized carbons (Fsp3) is 0.278. The summed E-state index contributed by atoms with van der Waals surface area (Å²) >= 11 is 1.66. The number of nitrogens with zero attached hydrogens (tertiary/aromatic N) is 1. The Kier molecular flexibility index (Phi) is 5.07. The number of hydrogen-bond donors (Lipinski definition) is 1. The minimum absolute atomic E-state index is 0.631. The molecule has 0 aliphatic carbocycles. The number of fused-ring (bicyclic) bond motifs is 1. The van der Waals surface area contributed by atoms with Crippen LogP contribution in [0.25, 0.3) is 20.8 Å². The number of aromatic nitrogens is 1. The molecule has 24 heavy (non-hydrogen) atoms. The van der Waals surface area contributed by atoms with E-state index in [1.54, 1.807) is 11.3 Å². The Morgan fingerprint density at radius 2 is 1.79 bits per heavy atom. The molecule has 0 saturated heterocycles. The van der Waals surface area contributed by atoms with Crippen LogP contribution in [-0.2, 0) is 14.7 Å². The molecule has 1 N–H and O–H groups in total. The third kappa shape index (κ3) is 3.26. The first-order valence-electron chi connectivity index (χ1n) is 7.89. The van der Waals surface area contributed by atoms with E-state index in [0.29, 0.717) is 12.8 Å². The maximum Gasteiger partial charge on any atom is 0.695 e. The minimum atomic E-state index is -2.65. The molecule has 0 spiro atoms. The standard InChI is InChI=1S/C18H18NO3PS/c1-3-18(4-2,22-23(20)21)14-11-9-13(10-12-14)17-19-15-7-5-6-8-16(15)24-17/h5-12H,3-4H2,1-2H3/p+1. The van der Waals surface area contributed by atoms with Crippen LogP contribution >= 0.6 is 19.6 Å². The van der Waals surface area contributed by atoms with Crippen LogP contribution in [0, 0.1) is 0 Å². The molecular weight excluding hydrogens is 341 g/mol. The molecule has 0 amide bonds. The van der Waals surface area contributed by atoms with E-state index in [2.05, 4.69) is 11.1 Å². The topological polar surface area (TPSA) is 59.4 Å². The zero-order chi connectivity index (χ0) is 17.2. The number of rotatable bonds is 6. The molecule has 0 bridgehead atoms. The van der Waals surface area contributed by atoms with Crippen molar-refractivity contribution in [3.8, 4) is 10.6 Å². The van der Waals surface area contributed by atoms with Crippen molar-refractivity contribution in [2.45, 2.75) is 32.3 Å². The van der Waals surface area contributed by atoms with Gasteiger partial charge in [0, 0.05) is 10.1 Å². The van der Waals surface area contributed by atoms with Crippen LogP contribution in [0.3, 0.4) is 0 Å². The summed E-state index contributed by atoms with van der Waals surface area (Å²) in [6.07, 6.45) is 1.26. The average molecular weight is 360 g/mol. The van der Waals surface area contributed by atoms with Gasteiger partial charge in [-0.25, -0.2) is 4.98 Å². The fourth-order valence-corrected chi connectivity index (χ4v) is 4.54. The van der Waals surface area contributed by atoms with Gasteiger partial charge in [0.15, 0.2) is 5.60 Å². The minimum Gasteiger partial charge on any atom is -0.236 e. The predicted molar refractivity (Wildman–Crippen MR) is 98.2 cm³/mol. The highest BCUT2D eigenvalue weighted by Crippen LogP contribution is 2.41. The first kappa shape index (κ1) is 17.2. The lowest BCUT2D eigenvalue weighted by Crippen LogP contribution is -2.25. The van der Waals surface area contributed by atoms with Crippen LogP contribution in [0.5, 0.6) is 0 Å². The number of thiazole rings is 1. The molecule has 2 aromatic carbocycles. The zero-order valence-corrected chi connectivity index (χ0v) is 15.3. The molecular formula is C18H19NO3PS+. The van der Waals surface area contributed by atoms with Crippen molar-refractivity contribution in [3.05, 3.63) is 54.1 Å². The third-order valence-electron chi connectivity index (χ3n) is 4.35. The van der Waals surface area contributed by atoms with E-state index in [4.69, 9.17) is 4.52 Å². The van der Waals surface area contributed by atoms with E-state index in [0.717, 1.165) is 26.4 Å². The molecule has 0 fully saturated rings. The van der Waals surface area contributed by atoms with Crippen molar-refractivity contribution in [2.75, 3.05) is 0 Å². The van der Waals surface area contributed by atoms with Crippen LogP contribution in [-0.4, -0.2) is 9.88 Å². The first-order chi connectivity index (χ1) is 11.6. The average Bonchev–Trinajstić information content (AvgIpc) is 3.04. The van der Waals surface area contributed by atoms with Gasteiger partial charge in [-0.15, -0.1) is 20.8 Å². The van der Waals surface area contributed by atoms with Crippen molar-refractivity contribution >= 4 is 29.8 Å². The summed E-state index contributed by atoms with van der Waals surface area (Å²) in [5.74, 6) is 0. The SMILES string of the molecule is CCC(CC)(O[P+](=O)O)c1ccc(-c2nc3ccccc3s2)cc1. The lowest BCUT2D eigenvalue weighted by molar-refractivity contribution is 0.0536. The van der Waals surface area contributed by atoms with Gasteiger partial charge >= 0.3 is 8.25 Å². The van der Waals surface area contributed by atoms with Gasteiger partial charge in [-0.2, -0.15) is 0 Å². The molecule has 3 rings (SSSR count). The van der Waals surface area contributed by atoms with Crippen LogP contribution in [0.15, 0.2) is 48.5 Å². The van der Waals surface area contributed by atoms with E-state index in [9.17, 15) is 9.46 Å². The number of benzene rings is 2. The summed E-state index contributed by atoms with van der Waals surface area (Å²) in [6, 6.07) is 16.0. The molecule has 124 valence electrons. The van der Waals surface area contributed by atoms with E-state index in [-0.39, 0.29) is 0 Å². The van der Waals surface area contributed by atoms with Gasteiger partial charge in [-0.05, 0) is 30.5 Å². The molecule has 4 nitrogen and oxygen atoms in total. The molecule has 0 saturated carbocycles. The summed E-state index contributed by atoms with van der Waals surface area (Å²) in [5.41, 5.74) is 2.22. The second-order valence-electron chi connectivity index (χ2n) is 5.59.